The van der Waals surface area contributed by atoms with Crippen LogP contribution in [0.2, 0.25) is 0 Å². The molecule has 1 aliphatic heterocycles. The van der Waals surface area contributed by atoms with Crippen LogP contribution in [-0.2, 0) is 9.59 Å². The summed E-state index contributed by atoms with van der Waals surface area (Å²) in [6.45, 7) is 1.43. The van der Waals surface area contributed by atoms with Crippen molar-refractivity contribution in [2.75, 3.05) is 13.7 Å². The number of carbonyl (C=O) groups excluding carboxylic acids is 3. The predicted molar refractivity (Wildman–Crippen MR) is 72.4 cm³/mol. The lowest BCUT2D eigenvalue weighted by atomic mass is 9.97. The lowest BCUT2D eigenvalue weighted by Gasteiger charge is -2.27. The monoisotopic (exact) mass is 293 g/mol. The van der Waals surface area contributed by atoms with E-state index in [-0.39, 0.29) is 48.4 Å². The number of hydrogen-bond acceptors (Lipinski definition) is 4. The SMILES string of the molecule is COc1ccc(F)cc1C(=O)CN1C(=O)CC(C)CC1=O. The molecular weight excluding hydrogens is 277 g/mol. The number of rotatable bonds is 4. The van der Waals surface area contributed by atoms with Crippen LogP contribution in [0.1, 0.15) is 30.1 Å². The van der Waals surface area contributed by atoms with Crippen molar-refractivity contribution >= 4 is 17.6 Å². The van der Waals surface area contributed by atoms with Crippen molar-refractivity contribution in [2.45, 2.75) is 19.8 Å². The number of methoxy groups -OCH3 is 1. The highest BCUT2D eigenvalue weighted by Crippen LogP contribution is 2.23. The van der Waals surface area contributed by atoms with E-state index in [1.54, 1.807) is 0 Å². The molecule has 0 aromatic heterocycles. The maximum atomic E-state index is 13.3. The summed E-state index contributed by atoms with van der Waals surface area (Å²) >= 11 is 0. The second kappa shape index (κ2) is 6.03. The number of hydrogen-bond donors (Lipinski definition) is 0. The summed E-state index contributed by atoms with van der Waals surface area (Å²) in [7, 11) is 1.36. The standard InChI is InChI=1S/C15H16FNO4/c1-9-5-14(19)17(15(20)6-9)8-12(18)11-7-10(16)3-4-13(11)21-2/h3-4,7,9H,5-6,8H2,1-2H3. The molecule has 1 aliphatic rings. The number of ether oxygens (including phenoxy) is 1. The zero-order valence-electron chi connectivity index (χ0n) is 11.9. The summed E-state index contributed by atoms with van der Waals surface area (Å²) in [6, 6.07) is 3.56. The summed E-state index contributed by atoms with van der Waals surface area (Å²) in [5.41, 5.74) is 0.0247. The number of halogens is 1. The van der Waals surface area contributed by atoms with E-state index >= 15 is 0 Å². The Morgan fingerprint density at radius 1 is 1.33 bits per heavy atom. The minimum atomic E-state index is -0.580. The van der Waals surface area contributed by atoms with Crippen molar-refractivity contribution in [3.8, 4) is 5.75 Å². The van der Waals surface area contributed by atoms with Crippen LogP contribution in [0.5, 0.6) is 5.75 Å². The Morgan fingerprint density at radius 3 is 2.52 bits per heavy atom. The molecule has 0 spiro atoms. The van der Waals surface area contributed by atoms with Crippen molar-refractivity contribution in [1.82, 2.24) is 4.90 Å². The largest absolute Gasteiger partial charge is 0.496 e. The first-order chi connectivity index (χ1) is 9.92. The van der Waals surface area contributed by atoms with E-state index < -0.39 is 11.6 Å². The molecule has 0 saturated carbocycles. The molecule has 1 aromatic rings. The van der Waals surface area contributed by atoms with E-state index in [0.29, 0.717) is 0 Å². The van der Waals surface area contributed by atoms with Crippen LogP contribution in [0.25, 0.3) is 0 Å². The van der Waals surface area contributed by atoms with Crippen LogP contribution in [0, 0.1) is 11.7 Å². The molecule has 112 valence electrons. The number of carbonyl (C=O) groups is 3. The summed E-state index contributed by atoms with van der Waals surface area (Å²) in [5.74, 6) is -1.65. The molecule has 5 nitrogen and oxygen atoms in total. The highest BCUT2D eigenvalue weighted by Gasteiger charge is 2.32. The van der Waals surface area contributed by atoms with Crippen molar-refractivity contribution < 1.29 is 23.5 Å². The second-order valence-electron chi connectivity index (χ2n) is 5.15. The molecule has 0 bridgehead atoms. The molecule has 1 fully saturated rings. The molecule has 0 N–H and O–H groups in total. The fourth-order valence-corrected chi connectivity index (χ4v) is 2.33. The number of likely N-dealkylation sites (tertiary alicyclic amines) is 1. The Kier molecular flexibility index (Phi) is 4.35. The van der Waals surface area contributed by atoms with Crippen molar-refractivity contribution in [3.63, 3.8) is 0 Å². The number of imide groups is 1. The number of ketones is 1. The first-order valence-corrected chi connectivity index (χ1v) is 6.62. The van der Waals surface area contributed by atoms with Crippen molar-refractivity contribution in [3.05, 3.63) is 29.6 Å². The fraction of sp³-hybridized carbons (Fsp3) is 0.400. The quantitative estimate of drug-likeness (QED) is 0.627. The minimum absolute atomic E-state index is 0.0138. The zero-order chi connectivity index (χ0) is 15.6. The Hall–Kier alpha value is -2.24. The van der Waals surface area contributed by atoms with Gasteiger partial charge in [-0.3, -0.25) is 19.3 Å². The maximum absolute atomic E-state index is 13.3. The molecule has 0 aliphatic carbocycles. The topological polar surface area (TPSA) is 63.7 Å². The predicted octanol–water partition coefficient (Wildman–Crippen LogP) is 1.80. The first-order valence-electron chi connectivity index (χ1n) is 6.62. The average molecular weight is 293 g/mol. The third-order valence-corrected chi connectivity index (χ3v) is 3.41. The summed E-state index contributed by atoms with van der Waals surface area (Å²) in [4.78, 5) is 36.9. The van der Waals surface area contributed by atoms with Gasteiger partial charge in [-0.25, -0.2) is 4.39 Å². The van der Waals surface area contributed by atoms with Gasteiger partial charge in [-0.1, -0.05) is 6.92 Å². The zero-order valence-corrected chi connectivity index (χ0v) is 11.9. The molecule has 0 atom stereocenters. The van der Waals surface area contributed by atoms with Crippen molar-refractivity contribution in [1.29, 1.82) is 0 Å². The van der Waals surface area contributed by atoms with Gasteiger partial charge >= 0.3 is 0 Å². The number of nitrogens with zero attached hydrogens (tertiary/aromatic N) is 1. The Labute approximate surface area is 121 Å². The van der Waals surface area contributed by atoms with E-state index in [2.05, 4.69) is 0 Å². The van der Waals surface area contributed by atoms with Crippen LogP contribution >= 0.6 is 0 Å². The van der Waals surface area contributed by atoms with Crippen LogP contribution < -0.4 is 4.74 Å². The van der Waals surface area contributed by atoms with Gasteiger partial charge in [-0.05, 0) is 24.1 Å². The van der Waals surface area contributed by atoms with Gasteiger partial charge in [-0.15, -0.1) is 0 Å². The van der Waals surface area contributed by atoms with Gasteiger partial charge in [0.15, 0.2) is 5.78 Å². The summed E-state index contributed by atoms with van der Waals surface area (Å²) < 4.78 is 18.3. The smallest absolute Gasteiger partial charge is 0.229 e. The van der Waals surface area contributed by atoms with Crippen LogP contribution in [-0.4, -0.2) is 36.2 Å². The van der Waals surface area contributed by atoms with Gasteiger partial charge in [0.1, 0.15) is 11.6 Å². The van der Waals surface area contributed by atoms with Crippen LogP contribution in [0.15, 0.2) is 18.2 Å². The van der Waals surface area contributed by atoms with E-state index in [1.165, 1.54) is 19.2 Å². The van der Waals surface area contributed by atoms with Crippen LogP contribution in [0.4, 0.5) is 4.39 Å². The molecule has 1 saturated heterocycles. The lowest BCUT2D eigenvalue weighted by molar-refractivity contribution is -0.149. The van der Waals surface area contributed by atoms with Gasteiger partial charge in [0.25, 0.3) is 0 Å². The third-order valence-electron chi connectivity index (χ3n) is 3.41. The molecule has 1 heterocycles. The first kappa shape index (κ1) is 15.2. The van der Waals surface area contributed by atoms with Crippen molar-refractivity contribution in [2.24, 2.45) is 5.92 Å². The molecule has 0 unspecified atom stereocenters. The highest BCUT2D eigenvalue weighted by molar-refractivity contribution is 6.06. The number of benzene rings is 1. The van der Waals surface area contributed by atoms with E-state index in [4.69, 9.17) is 4.74 Å². The Balaban J connectivity index is 2.20. The molecule has 2 rings (SSSR count). The number of Topliss-reactive ketones (excluding diaryl/α,β-unsaturated/α-hetero) is 1. The van der Waals surface area contributed by atoms with Gasteiger partial charge in [0, 0.05) is 12.8 Å². The summed E-state index contributed by atoms with van der Waals surface area (Å²) in [6.07, 6.45) is 0.471. The maximum Gasteiger partial charge on any atom is 0.229 e. The van der Waals surface area contributed by atoms with E-state index in [1.807, 2.05) is 6.92 Å². The molecular formula is C15H16FNO4. The van der Waals surface area contributed by atoms with Crippen LogP contribution in [0.3, 0.4) is 0 Å². The number of amides is 2. The van der Waals surface area contributed by atoms with E-state index in [9.17, 15) is 18.8 Å². The molecule has 21 heavy (non-hydrogen) atoms. The highest BCUT2D eigenvalue weighted by atomic mass is 19.1. The lowest BCUT2D eigenvalue weighted by Crippen LogP contribution is -2.45. The molecule has 0 radical (unpaired) electrons. The molecule has 1 aromatic carbocycles. The van der Waals surface area contributed by atoms with Gasteiger partial charge in [-0.2, -0.15) is 0 Å². The Bertz CT molecular complexity index is 581. The van der Waals surface area contributed by atoms with Gasteiger partial charge in [0.05, 0.1) is 19.2 Å². The average Bonchev–Trinajstić information content (AvgIpc) is 2.42. The molecule has 6 heteroatoms. The van der Waals surface area contributed by atoms with Gasteiger partial charge < -0.3 is 4.74 Å². The molecule has 2 amide bonds. The van der Waals surface area contributed by atoms with Gasteiger partial charge in [0.2, 0.25) is 11.8 Å². The number of piperidine rings is 1. The van der Waals surface area contributed by atoms with E-state index in [0.717, 1.165) is 11.0 Å². The Morgan fingerprint density at radius 2 is 1.95 bits per heavy atom. The minimum Gasteiger partial charge on any atom is -0.496 e. The normalized spacial score (nSPS) is 16.2. The third kappa shape index (κ3) is 3.26. The summed E-state index contributed by atoms with van der Waals surface area (Å²) in [5, 5.41) is 0. The fourth-order valence-electron chi connectivity index (χ4n) is 2.33. The second-order valence-corrected chi connectivity index (χ2v) is 5.15.